The lowest BCUT2D eigenvalue weighted by Crippen LogP contribution is -2.36. The van der Waals surface area contributed by atoms with Crippen LogP contribution in [0.3, 0.4) is 0 Å². The second-order valence-corrected chi connectivity index (χ2v) is 13.7. The van der Waals surface area contributed by atoms with Crippen LogP contribution in [-0.4, -0.2) is 55.2 Å². The molecule has 1 unspecified atom stereocenters. The van der Waals surface area contributed by atoms with Crippen molar-refractivity contribution in [2.24, 2.45) is 5.92 Å². The maximum absolute atomic E-state index is 5.40. The van der Waals surface area contributed by atoms with E-state index in [1.54, 1.807) is 0 Å². The van der Waals surface area contributed by atoms with Crippen LogP contribution in [0.25, 0.3) is 0 Å². The summed E-state index contributed by atoms with van der Waals surface area (Å²) in [5, 5.41) is 4.27. The Morgan fingerprint density at radius 1 is 0.488 bits per heavy atom. The molecule has 0 saturated heterocycles. The molecule has 0 amide bonds. The van der Waals surface area contributed by atoms with Crippen LogP contribution in [0.4, 0.5) is 0 Å². The highest BCUT2D eigenvalue weighted by atomic mass is 32.1. The first-order chi connectivity index (χ1) is 20.0. The molecule has 0 aromatic rings. The third-order valence-electron chi connectivity index (χ3n) is 8.93. The van der Waals surface area contributed by atoms with Crippen LogP contribution >= 0.6 is 12.2 Å². The van der Waals surface area contributed by atoms with E-state index < -0.39 is 0 Å². The van der Waals surface area contributed by atoms with E-state index in [1.807, 2.05) is 19.0 Å². The molecular formula is C37H77N3S. The summed E-state index contributed by atoms with van der Waals surface area (Å²) in [5.74, 6) is 1.00. The molecule has 0 saturated carbocycles. The van der Waals surface area contributed by atoms with Gasteiger partial charge in [0.1, 0.15) is 0 Å². The summed E-state index contributed by atoms with van der Waals surface area (Å²) in [6, 6.07) is 0. The average Bonchev–Trinajstić information content (AvgIpc) is 2.96. The molecule has 0 fully saturated rings. The molecule has 0 aromatic carbocycles. The second-order valence-electron chi connectivity index (χ2n) is 13.3. The topological polar surface area (TPSA) is 18.5 Å². The van der Waals surface area contributed by atoms with Crippen molar-refractivity contribution in [3.8, 4) is 0 Å². The van der Waals surface area contributed by atoms with Gasteiger partial charge in [0.15, 0.2) is 5.11 Å². The molecule has 246 valence electrons. The maximum atomic E-state index is 5.40. The summed E-state index contributed by atoms with van der Waals surface area (Å²) >= 11 is 5.40. The Labute approximate surface area is 265 Å². The third kappa shape index (κ3) is 29.5. The second kappa shape index (κ2) is 32.6. The average molecular weight is 596 g/mol. The van der Waals surface area contributed by atoms with Gasteiger partial charge in [0.25, 0.3) is 0 Å². The molecule has 1 atom stereocenters. The minimum atomic E-state index is 0.860. The summed E-state index contributed by atoms with van der Waals surface area (Å²) in [6.45, 7) is 11.7. The molecule has 0 aromatic heterocycles. The van der Waals surface area contributed by atoms with Gasteiger partial charge in [-0.25, -0.2) is 0 Å². The van der Waals surface area contributed by atoms with Gasteiger partial charge in [-0.05, 0) is 57.0 Å². The van der Waals surface area contributed by atoms with Gasteiger partial charge in [-0.1, -0.05) is 168 Å². The van der Waals surface area contributed by atoms with E-state index in [0.29, 0.717) is 0 Å². The maximum Gasteiger partial charge on any atom is 0.168 e. The largest absolute Gasteiger partial charge is 0.363 e. The predicted octanol–water partition coefficient (Wildman–Crippen LogP) is 11.5. The fourth-order valence-corrected chi connectivity index (χ4v) is 6.19. The van der Waals surface area contributed by atoms with E-state index in [0.717, 1.165) is 17.6 Å². The van der Waals surface area contributed by atoms with Crippen molar-refractivity contribution in [1.29, 1.82) is 0 Å². The molecule has 41 heavy (non-hydrogen) atoms. The van der Waals surface area contributed by atoms with Gasteiger partial charge in [0.05, 0.1) is 0 Å². The molecule has 0 bridgehead atoms. The Morgan fingerprint density at radius 3 is 1.24 bits per heavy atom. The molecular weight excluding hydrogens is 518 g/mol. The van der Waals surface area contributed by atoms with Crippen LogP contribution in [0.15, 0.2) is 0 Å². The zero-order valence-electron chi connectivity index (χ0n) is 29.1. The van der Waals surface area contributed by atoms with E-state index in [-0.39, 0.29) is 0 Å². The van der Waals surface area contributed by atoms with Gasteiger partial charge in [-0.3, -0.25) is 0 Å². The minimum Gasteiger partial charge on any atom is -0.363 e. The number of hydrogen-bond donors (Lipinski definition) is 1. The lowest BCUT2D eigenvalue weighted by Gasteiger charge is -2.23. The predicted molar refractivity (Wildman–Crippen MR) is 191 cm³/mol. The first kappa shape index (κ1) is 40.6. The van der Waals surface area contributed by atoms with Crippen molar-refractivity contribution >= 4 is 17.3 Å². The number of rotatable bonds is 32. The lowest BCUT2D eigenvalue weighted by atomic mass is 9.89. The van der Waals surface area contributed by atoms with E-state index in [1.165, 1.54) is 187 Å². The number of hydrogen-bond acceptors (Lipinski definition) is 2. The Morgan fingerprint density at radius 2 is 0.829 bits per heavy atom. The summed E-state index contributed by atoms with van der Waals surface area (Å²) in [5.41, 5.74) is 0. The highest BCUT2D eigenvalue weighted by Gasteiger charge is 2.09. The van der Waals surface area contributed by atoms with Crippen molar-refractivity contribution in [2.45, 2.75) is 188 Å². The molecule has 0 aliphatic heterocycles. The van der Waals surface area contributed by atoms with Gasteiger partial charge in [-0.15, -0.1) is 0 Å². The van der Waals surface area contributed by atoms with Gasteiger partial charge >= 0.3 is 0 Å². The van der Waals surface area contributed by atoms with Crippen molar-refractivity contribution in [2.75, 3.05) is 40.3 Å². The summed E-state index contributed by atoms with van der Waals surface area (Å²) in [6.07, 6.45) is 37.0. The van der Waals surface area contributed by atoms with Gasteiger partial charge in [0, 0.05) is 20.6 Å². The zero-order valence-corrected chi connectivity index (χ0v) is 29.9. The van der Waals surface area contributed by atoms with E-state index in [9.17, 15) is 0 Å². The molecule has 0 heterocycles. The zero-order chi connectivity index (χ0) is 30.2. The smallest absolute Gasteiger partial charge is 0.168 e. The highest BCUT2D eigenvalue weighted by molar-refractivity contribution is 7.80. The third-order valence-corrected chi connectivity index (χ3v) is 9.44. The van der Waals surface area contributed by atoms with E-state index >= 15 is 0 Å². The Balaban J connectivity index is 4.23. The number of nitrogens with zero attached hydrogens (tertiary/aromatic N) is 2. The van der Waals surface area contributed by atoms with Gasteiger partial charge in [-0.2, -0.15) is 0 Å². The number of unbranched alkanes of at least 4 members (excludes halogenated alkanes) is 18. The number of nitrogens with one attached hydrogen (secondary N) is 1. The van der Waals surface area contributed by atoms with Crippen LogP contribution < -0.4 is 5.32 Å². The quantitative estimate of drug-likeness (QED) is 0.0615. The Bertz CT molecular complexity index is 524. The van der Waals surface area contributed by atoms with Crippen molar-refractivity contribution < 1.29 is 0 Å². The minimum absolute atomic E-state index is 0.860. The molecule has 0 rings (SSSR count). The fourth-order valence-electron chi connectivity index (χ4n) is 6.09. The van der Waals surface area contributed by atoms with Crippen LogP contribution in [-0.2, 0) is 0 Å². The summed E-state index contributed by atoms with van der Waals surface area (Å²) < 4.78 is 0. The van der Waals surface area contributed by atoms with Crippen LogP contribution in [0, 0.1) is 5.92 Å². The molecule has 0 spiro atoms. The van der Waals surface area contributed by atoms with Crippen LogP contribution in [0.5, 0.6) is 0 Å². The van der Waals surface area contributed by atoms with Crippen molar-refractivity contribution in [1.82, 2.24) is 15.1 Å². The fraction of sp³-hybridized carbons (Fsp3) is 0.973. The lowest BCUT2D eigenvalue weighted by molar-refractivity contribution is 0.257. The monoisotopic (exact) mass is 596 g/mol. The molecule has 4 heteroatoms. The molecule has 1 N–H and O–H groups in total. The Kier molecular flexibility index (Phi) is 32.3. The van der Waals surface area contributed by atoms with Crippen molar-refractivity contribution in [3.05, 3.63) is 0 Å². The summed E-state index contributed by atoms with van der Waals surface area (Å²) in [7, 11) is 4.04. The van der Waals surface area contributed by atoms with Gasteiger partial charge in [0.2, 0.25) is 0 Å². The molecule has 0 aliphatic rings. The normalized spacial score (nSPS) is 12.2. The van der Waals surface area contributed by atoms with Gasteiger partial charge < -0.3 is 15.1 Å². The SMILES string of the molecule is CCCCCCCCCCN(CCCCCCCC(CCCCCC)CCCCCCC)CCCNC(=S)N(C)C. The highest BCUT2D eigenvalue weighted by Crippen LogP contribution is 2.24. The first-order valence-electron chi connectivity index (χ1n) is 18.7. The Hall–Kier alpha value is -0.350. The van der Waals surface area contributed by atoms with Crippen LogP contribution in [0.2, 0.25) is 0 Å². The van der Waals surface area contributed by atoms with E-state index in [2.05, 4.69) is 31.0 Å². The molecule has 0 aliphatic carbocycles. The number of thiocarbonyl (C=S) groups is 1. The molecule has 3 nitrogen and oxygen atoms in total. The molecule has 0 radical (unpaired) electrons. The van der Waals surface area contributed by atoms with E-state index in [4.69, 9.17) is 12.2 Å². The standard InChI is InChI=1S/C37H77N3S/c1-6-9-12-15-16-17-21-26-33-40(35-28-32-38-37(41)39(4)5)34-27-22-18-20-25-31-36(29-23-14-11-8-3)30-24-19-13-10-7-2/h36H,6-35H2,1-5H3,(H,38,41). The van der Waals surface area contributed by atoms with Crippen molar-refractivity contribution in [3.63, 3.8) is 0 Å². The first-order valence-corrected chi connectivity index (χ1v) is 19.1. The van der Waals surface area contributed by atoms with Crippen LogP contribution in [0.1, 0.15) is 188 Å². The summed E-state index contributed by atoms with van der Waals surface area (Å²) in [4.78, 5) is 4.75.